The lowest BCUT2D eigenvalue weighted by Gasteiger charge is -2.79. The van der Waals surface area contributed by atoms with Crippen molar-refractivity contribution in [3.05, 3.63) is 11.1 Å². The Morgan fingerprint density at radius 1 is 1.36 bits per heavy atom. The molecule has 5 atom stereocenters. The van der Waals surface area contributed by atoms with Gasteiger partial charge in [-0.05, 0) is 61.9 Å². The molecule has 0 amide bonds. The number of carbonyl (C=O) groups is 1. The van der Waals surface area contributed by atoms with Crippen LogP contribution < -0.4 is 0 Å². The Morgan fingerprint density at radius 2 is 2.14 bits per heavy atom. The average molecular weight is 188 g/mol. The van der Waals surface area contributed by atoms with E-state index in [0.717, 1.165) is 23.3 Å². The highest BCUT2D eigenvalue weighted by Gasteiger charge is 2.77. The second kappa shape index (κ2) is 1.87. The summed E-state index contributed by atoms with van der Waals surface area (Å²) >= 11 is 0. The van der Waals surface area contributed by atoms with Crippen LogP contribution in [0.1, 0.15) is 33.1 Å². The number of carbonyl (C=O) groups excluding carboxylic acids is 1. The minimum atomic E-state index is 0.464. The maximum absolute atomic E-state index is 12.1. The van der Waals surface area contributed by atoms with E-state index >= 15 is 0 Å². The highest BCUT2D eigenvalue weighted by atomic mass is 16.1. The first-order chi connectivity index (χ1) is 6.67. The van der Waals surface area contributed by atoms with Gasteiger partial charge in [-0.25, -0.2) is 0 Å². The highest BCUT2D eigenvalue weighted by Crippen LogP contribution is 2.81. The molecule has 0 saturated heterocycles. The number of ketones is 1. The Kier molecular flexibility index (Phi) is 1.02. The van der Waals surface area contributed by atoms with Crippen molar-refractivity contribution >= 4 is 5.78 Å². The molecule has 4 aliphatic carbocycles. The molecule has 0 aromatic heterocycles. The lowest BCUT2D eigenvalue weighted by molar-refractivity contribution is -0.285. The topological polar surface area (TPSA) is 17.1 Å². The molecule has 0 bridgehead atoms. The van der Waals surface area contributed by atoms with Crippen molar-refractivity contribution in [3.63, 3.8) is 0 Å². The lowest BCUT2D eigenvalue weighted by Crippen LogP contribution is -2.75. The van der Waals surface area contributed by atoms with E-state index in [9.17, 15) is 4.79 Å². The third-order valence-electron chi connectivity index (χ3n) is 6.00. The molecule has 4 rings (SSSR count). The van der Waals surface area contributed by atoms with Crippen LogP contribution in [0.15, 0.2) is 11.1 Å². The summed E-state index contributed by atoms with van der Waals surface area (Å²) in [5, 5.41) is 0. The van der Waals surface area contributed by atoms with Gasteiger partial charge in [0.15, 0.2) is 5.78 Å². The third kappa shape index (κ3) is 0.487. The van der Waals surface area contributed by atoms with Crippen LogP contribution in [0.25, 0.3) is 0 Å². The zero-order valence-corrected chi connectivity index (χ0v) is 8.84. The van der Waals surface area contributed by atoms with E-state index in [-0.39, 0.29) is 0 Å². The van der Waals surface area contributed by atoms with Gasteiger partial charge in [-0.15, -0.1) is 0 Å². The van der Waals surface area contributed by atoms with Gasteiger partial charge in [-0.1, -0.05) is 5.57 Å². The average Bonchev–Trinajstić information content (AvgIpc) is 2.09. The van der Waals surface area contributed by atoms with E-state index in [1.807, 2.05) is 6.92 Å². The molecule has 0 aliphatic heterocycles. The first-order valence-corrected chi connectivity index (χ1v) is 5.88. The number of allylic oxidation sites excluding steroid dienone is 2. The van der Waals surface area contributed by atoms with Crippen LogP contribution in [-0.4, -0.2) is 5.78 Å². The molecule has 0 aromatic rings. The normalized spacial score (nSPS) is 58.0. The fraction of sp³-hybridized carbons (Fsp3) is 0.769. The summed E-state index contributed by atoms with van der Waals surface area (Å²) in [6.07, 6.45) is 4.18. The summed E-state index contributed by atoms with van der Waals surface area (Å²) in [4.78, 5) is 12.1. The predicted molar refractivity (Wildman–Crippen MR) is 53.6 cm³/mol. The Hall–Kier alpha value is -0.590. The quantitative estimate of drug-likeness (QED) is 0.571. The summed E-state index contributed by atoms with van der Waals surface area (Å²) in [6, 6.07) is 0. The smallest absolute Gasteiger partial charge is 0.162 e. The number of hydrogen-bond donors (Lipinski definition) is 0. The molecule has 74 valence electrons. The molecule has 4 aliphatic rings. The fourth-order valence-corrected chi connectivity index (χ4v) is 5.03. The van der Waals surface area contributed by atoms with Gasteiger partial charge in [0.25, 0.3) is 0 Å². The first kappa shape index (κ1) is 7.67. The minimum absolute atomic E-state index is 0.464. The molecular formula is C13H16O. The van der Waals surface area contributed by atoms with Gasteiger partial charge >= 0.3 is 0 Å². The molecule has 3 saturated carbocycles. The predicted octanol–water partition coefficient (Wildman–Crippen LogP) is 2.57. The lowest BCUT2D eigenvalue weighted by atomic mass is 9.24. The van der Waals surface area contributed by atoms with Crippen molar-refractivity contribution < 1.29 is 4.79 Å². The van der Waals surface area contributed by atoms with Crippen LogP contribution in [0.5, 0.6) is 0 Å². The first-order valence-electron chi connectivity index (χ1n) is 5.88. The maximum atomic E-state index is 12.1. The van der Waals surface area contributed by atoms with Crippen LogP contribution in [-0.2, 0) is 4.79 Å². The molecule has 1 nitrogen and oxygen atoms in total. The summed E-state index contributed by atoms with van der Waals surface area (Å²) in [7, 11) is 0. The Bertz CT molecular complexity index is 392. The molecular weight excluding hydrogens is 172 g/mol. The van der Waals surface area contributed by atoms with Crippen LogP contribution in [0.4, 0.5) is 0 Å². The van der Waals surface area contributed by atoms with Crippen LogP contribution in [0, 0.1) is 29.1 Å². The van der Waals surface area contributed by atoms with Crippen LogP contribution in [0.2, 0.25) is 0 Å². The van der Waals surface area contributed by atoms with Gasteiger partial charge in [0.1, 0.15) is 0 Å². The number of Topliss-reactive ketones (excluding diaryl/α,β-unsaturated/α-hetero) is 1. The van der Waals surface area contributed by atoms with E-state index in [2.05, 4.69) is 6.92 Å². The van der Waals surface area contributed by atoms with Crippen molar-refractivity contribution in [1.82, 2.24) is 0 Å². The fourth-order valence-electron chi connectivity index (χ4n) is 5.03. The summed E-state index contributed by atoms with van der Waals surface area (Å²) in [5.74, 6) is 3.36. The van der Waals surface area contributed by atoms with E-state index in [1.165, 1.54) is 24.8 Å². The van der Waals surface area contributed by atoms with Crippen LogP contribution in [0.3, 0.4) is 0 Å². The molecule has 0 heterocycles. The van der Waals surface area contributed by atoms with E-state index < -0.39 is 0 Å². The summed E-state index contributed by atoms with van der Waals surface area (Å²) in [5.41, 5.74) is 3.22. The van der Waals surface area contributed by atoms with Gasteiger partial charge in [-0.2, -0.15) is 0 Å². The van der Waals surface area contributed by atoms with Crippen molar-refractivity contribution in [2.24, 2.45) is 29.1 Å². The van der Waals surface area contributed by atoms with Gasteiger partial charge < -0.3 is 0 Å². The molecule has 0 aromatic carbocycles. The summed E-state index contributed by atoms with van der Waals surface area (Å²) < 4.78 is 0. The number of hydrogen-bond acceptors (Lipinski definition) is 1. The van der Waals surface area contributed by atoms with Gasteiger partial charge in [0.05, 0.1) is 0 Å². The molecule has 14 heavy (non-hydrogen) atoms. The second-order valence-electron chi connectivity index (χ2n) is 5.91. The zero-order chi connectivity index (χ0) is 9.66. The molecule has 1 heteroatoms. The molecule has 0 radical (unpaired) electrons. The Balaban J connectivity index is 1.85. The van der Waals surface area contributed by atoms with Crippen molar-refractivity contribution in [1.29, 1.82) is 0 Å². The van der Waals surface area contributed by atoms with Crippen molar-refractivity contribution in [2.75, 3.05) is 0 Å². The minimum Gasteiger partial charge on any atom is -0.294 e. The third-order valence-corrected chi connectivity index (χ3v) is 6.00. The van der Waals surface area contributed by atoms with E-state index in [4.69, 9.17) is 0 Å². The van der Waals surface area contributed by atoms with E-state index in [1.54, 1.807) is 0 Å². The molecule has 1 spiro atoms. The van der Waals surface area contributed by atoms with Gasteiger partial charge in [-0.3, -0.25) is 4.79 Å². The van der Waals surface area contributed by atoms with Crippen LogP contribution >= 0.6 is 0 Å². The molecule has 3 fully saturated rings. The van der Waals surface area contributed by atoms with Crippen molar-refractivity contribution in [2.45, 2.75) is 33.1 Å². The Labute approximate surface area is 84.6 Å². The standard InChI is InChI=1S/C13H16O/c1-6-7(2)12(14)10-9-3-4-13(9)5-8(6)11(10)13/h8-11H,3-5H2,1-2H3. The van der Waals surface area contributed by atoms with Gasteiger partial charge in [0.2, 0.25) is 0 Å². The number of fused-ring (bicyclic) bond motifs is 1. The second-order valence-corrected chi connectivity index (χ2v) is 5.91. The number of rotatable bonds is 0. The van der Waals surface area contributed by atoms with Gasteiger partial charge in [0, 0.05) is 5.92 Å². The maximum Gasteiger partial charge on any atom is 0.162 e. The summed E-state index contributed by atoms with van der Waals surface area (Å²) in [6.45, 7) is 4.23. The molecule has 5 unspecified atom stereocenters. The highest BCUT2D eigenvalue weighted by molar-refractivity contribution is 6.00. The van der Waals surface area contributed by atoms with Crippen molar-refractivity contribution in [3.8, 4) is 0 Å². The zero-order valence-electron chi connectivity index (χ0n) is 8.84. The van der Waals surface area contributed by atoms with E-state index in [0.29, 0.717) is 17.1 Å². The Morgan fingerprint density at radius 3 is 2.79 bits per heavy atom. The monoisotopic (exact) mass is 188 g/mol. The SMILES string of the molecule is CC1=C(C)C2CC34CCC3C(C1=O)C24. The largest absolute Gasteiger partial charge is 0.294 e. The molecule has 0 N–H and O–H groups in total.